The van der Waals surface area contributed by atoms with Crippen LogP contribution in [-0.2, 0) is 9.53 Å². The van der Waals surface area contributed by atoms with E-state index < -0.39 is 11.4 Å². The lowest BCUT2D eigenvalue weighted by molar-refractivity contribution is -0.152. The fourth-order valence-corrected chi connectivity index (χ4v) is 4.36. The Balaban J connectivity index is 1.67. The van der Waals surface area contributed by atoms with Crippen LogP contribution in [0.2, 0.25) is 0 Å². The maximum absolute atomic E-state index is 12.2. The number of benzene rings is 1. The van der Waals surface area contributed by atoms with E-state index in [9.17, 15) is 9.90 Å². The largest absolute Gasteiger partial charge is 0.497 e. The third-order valence-corrected chi connectivity index (χ3v) is 5.78. The number of rotatable bonds is 3. The Labute approximate surface area is 141 Å². The highest BCUT2D eigenvalue weighted by Gasteiger charge is 2.57. The number of nitrogens with zero attached hydrogens (tertiary/aromatic N) is 1. The van der Waals surface area contributed by atoms with E-state index in [-0.39, 0.29) is 12.5 Å². The van der Waals surface area contributed by atoms with Crippen molar-refractivity contribution in [1.29, 1.82) is 0 Å². The lowest BCUT2D eigenvalue weighted by Crippen LogP contribution is -2.46. The highest BCUT2D eigenvalue weighted by Crippen LogP contribution is 2.51. The summed E-state index contributed by atoms with van der Waals surface area (Å²) in [5.74, 6) is 0.678. The van der Waals surface area contributed by atoms with Gasteiger partial charge in [-0.3, -0.25) is 9.69 Å². The number of carboxylic acid groups (broad SMARTS) is 1. The van der Waals surface area contributed by atoms with Crippen LogP contribution in [-0.4, -0.2) is 62.0 Å². The molecule has 0 spiro atoms. The van der Waals surface area contributed by atoms with Crippen LogP contribution >= 0.6 is 0 Å². The number of hydrogen-bond donors (Lipinski definition) is 1. The van der Waals surface area contributed by atoms with Gasteiger partial charge in [0.05, 0.1) is 7.11 Å². The summed E-state index contributed by atoms with van der Waals surface area (Å²) in [6, 6.07) is 6.11. The molecular formula is C18H23NO5. The zero-order valence-electron chi connectivity index (χ0n) is 13.9. The van der Waals surface area contributed by atoms with Gasteiger partial charge in [0.1, 0.15) is 23.5 Å². The third kappa shape index (κ3) is 2.36. The second-order valence-electron chi connectivity index (χ2n) is 6.98. The molecule has 4 rings (SSSR count). The second kappa shape index (κ2) is 5.93. The number of hydrogen-bond acceptors (Lipinski definition) is 5. The van der Waals surface area contributed by atoms with Gasteiger partial charge in [0.2, 0.25) is 0 Å². The summed E-state index contributed by atoms with van der Waals surface area (Å²) in [6.07, 6.45) is 1.94. The molecule has 0 aliphatic carbocycles. The molecule has 130 valence electrons. The Kier molecular flexibility index (Phi) is 3.89. The molecule has 24 heavy (non-hydrogen) atoms. The van der Waals surface area contributed by atoms with Crippen LogP contribution in [0.3, 0.4) is 0 Å². The minimum atomic E-state index is -0.861. The van der Waals surface area contributed by atoms with Crippen molar-refractivity contribution in [2.24, 2.45) is 5.41 Å². The molecule has 0 bridgehead atoms. The lowest BCUT2D eigenvalue weighted by Gasteiger charge is -2.36. The van der Waals surface area contributed by atoms with Gasteiger partial charge in [-0.05, 0) is 18.9 Å². The molecular weight excluding hydrogens is 310 g/mol. The second-order valence-corrected chi connectivity index (χ2v) is 6.98. The maximum Gasteiger partial charge on any atom is 0.315 e. The normalized spacial score (nSPS) is 30.3. The first-order chi connectivity index (χ1) is 11.6. The molecule has 0 radical (unpaired) electrons. The van der Waals surface area contributed by atoms with Crippen molar-refractivity contribution in [2.45, 2.75) is 24.8 Å². The van der Waals surface area contributed by atoms with Crippen LogP contribution < -0.4 is 9.47 Å². The summed E-state index contributed by atoms with van der Waals surface area (Å²) < 4.78 is 16.6. The van der Waals surface area contributed by atoms with Crippen molar-refractivity contribution in [1.82, 2.24) is 4.90 Å². The smallest absolute Gasteiger partial charge is 0.315 e. The molecule has 3 heterocycles. The Bertz CT molecular complexity index is 642. The van der Waals surface area contributed by atoms with Crippen LogP contribution in [0.4, 0.5) is 0 Å². The molecule has 2 atom stereocenters. The molecule has 2 saturated heterocycles. The van der Waals surface area contributed by atoms with Gasteiger partial charge in [-0.15, -0.1) is 0 Å². The highest BCUT2D eigenvalue weighted by atomic mass is 16.5. The van der Waals surface area contributed by atoms with E-state index in [2.05, 4.69) is 4.90 Å². The quantitative estimate of drug-likeness (QED) is 0.909. The highest BCUT2D eigenvalue weighted by molar-refractivity contribution is 5.78. The Hall–Kier alpha value is -1.79. The summed E-state index contributed by atoms with van der Waals surface area (Å²) >= 11 is 0. The topological polar surface area (TPSA) is 68.2 Å². The summed E-state index contributed by atoms with van der Waals surface area (Å²) in [5.41, 5.74) is 0.124. The molecule has 1 aromatic carbocycles. The van der Waals surface area contributed by atoms with Gasteiger partial charge in [0, 0.05) is 49.9 Å². The van der Waals surface area contributed by atoms with E-state index in [0.29, 0.717) is 12.6 Å². The summed E-state index contributed by atoms with van der Waals surface area (Å²) in [5, 5.41) is 9.99. The molecule has 3 aliphatic rings. The number of ether oxygens (including phenoxy) is 3. The fourth-order valence-electron chi connectivity index (χ4n) is 4.36. The van der Waals surface area contributed by atoms with Crippen LogP contribution in [0.15, 0.2) is 18.2 Å². The molecule has 3 aliphatic heterocycles. The van der Waals surface area contributed by atoms with Gasteiger partial charge >= 0.3 is 5.97 Å². The van der Waals surface area contributed by atoms with Gasteiger partial charge in [0.15, 0.2) is 0 Å². The van der Waals surface area contributed by atoms with Gasteiger partial charge in [0.25, 0.3) is 0 Å². The van der Waals surface area contributed by atoms with Crippen molar-refractivity contribution in [2.75, 3.05) is 40.0 Å². The van der Waals surface area contributed by atoms with Gasteiger partial charge < -0.3 is 19.3 Å². The number of carbonyl (C=O) groups is 1. The Morgan fingerprint density at radius 3 is 2.88 bits per heavy atom. The maximum atomic E-state index is 12.2. The summed E-state index contributed by atoms with van der Waals surface area (Å²) in [6.45, 7) is 3.04. The minimum absolute atomic E-state index is 0.0486. The number of fused-ring (bicyclic) bond motifs is 3. The van der Waals surface area contributed by atoms with E-state index in [1.807, 2.05) is 18.2 Å². The predicted octanol–water partition coefficient (Wildman–Crippen LogP) is 1.74. The monoisotopic (exact) mass is 333 g/mol. The first-order valence-electron chi connectivity index (χ1n) is 8.50. The SMILES string of the molecule is COc1ccc2c(c1)OC[C@@]1(C(=O)O)CN(C3CCOCC3)C[C@@H]21. The van der Waals surface area contributed by atoms with Crippen molar-refractivity contribution in [3.05, 3.63) is 23.8 Å². The van der Waals surface area contributed by atoms with Crippen LogP contribution in [0.5, 0.6) is 11.5 Å². The zero-order chi connectivity index (χ0) is 16.7. The Morgan fingerprint density at radius 2 is 2.17 bits per heavy atom. The van der Waals surface area contributed by atoms with Crippen LogP contribution in [0, 0.1) is 5.41 Å². The third-order valence-electron chi connectivity index (χ3n) is 5.78. The number of methoxy groups -OCH3 is 1. The molecule has 0 saturated carbocycles. The fraction of sp³-hybridized carbons (Fsp3) is 0.611. The number of likely N-dealkylation sites (tertiary alicyclic amines) is 1. The van der Waals surface area contributed by atoms with Gasteiger partial charge in [-0.1, -0.05) is 6.07 Å². The molecule has 0 unspecified atom stereocenters. The van der Waals surface area contributed by atoms with E-state index in [1.165, 1.54) is 0 Å². The van der Waals surface area contributed by atoms with E-state index in [0.717, 1.165) is 49.7 Å². The molecule has 1 aromatic rings. The molecule has 6 nitrogen and oxygen atoms in total. The standard InChI is InChI=1S/C18H23NO5/c1-22-13-2-3-14-15-9-19(12-4-6-23-7-5-12)10-18(15,17(20)21)11-24-16(14)8-13/h2-3,8,12,15H,4-7,9-11H2,1H3,(H,20,21)/t15-,18-/m0/s1. The average molecular weight is 333 g/mol. The van der Waals surface area contributed by atoms with Crippen molar-refractivity contribution >= 4 is 5.97 Å². The van der Waals surface area contributed by atoms with E-state index in [4.69, 9.17) is 14.2 Å². The molecule has 0 aromatic heterocycles. The van der Waals surface area contributed by atoms with Gasteiger partial charge in [-0.25, -0.2) is 0 Å². The molecule has 2 fully saturated rings. The first kappa shape index (κ1) is 15.7. The molecule has 6 heteroatoms. The zero-order valence-corrected chi connectivity index (χ0v) is 13.9. The summed E-state index contributed by atoms with van der Waals surface area (Å²) in [4.78, 5) is 14.5. The summed E-state index contributed by atoms with van der Waals surface area (Å²) in [7, 11) is 1.62. The average Bonchev–Trinajstić information content (AvgIpc) is 3.03. The molecule has 0 amide bonds. The predicted molar refractivity (Wildman–Crippen MR) is 86.7 cm³/mol. The van der Waals surface area contributed by atoms with Gasteiger partial charge in [-0.2, -0.15) is 0 Å². The number of aliphatic carboxylic acids is 1. The minimum Gasteiger partial charge on any atom is -0.497 e. The van der Waals surface area contributed by atoms with E-state index in [1.54, 1.807) is 7.11 Å². The van der Waals surface area contributed by atoms with Crippen LogP contribution in [0.1, 0.15) is 24.3 Å². The van der Waals surface area contributed by atoms with Crippen molar-refractivity contribution in [3.8, 4) is 11.5 Å². The Morgan fingerprint density at radius 1 is 1.38 bits per heavy atom. The van der Waals surface area contributed by atoms with Crippen molar-refractivity contribution < 1.29 is 24.1 Å². The molecule has 1 N–H and O–H groups in total. The van der Waals surface area contributed by atoms with Crippen molar-refractivity contribution in [3.63, 3.8) is 0 Å². The van der Waals surface area contributed by atoms with Crippen LogP contribution in [0.25, 0.3) is 0 Å². The lowest BCUT2D eigenvalue weighted by atomic mass is 9.73. The van der Waals surface area contributed by atoms with E-state index >= 15 is 0 Å². The number of carboxylic acids is 1. The first-order valence-corrected chi connectivity index (χ1v) is 8.50.